The highest BCUT2D eigenvalue weighted by atomic mass is 35.5. The number of halogens is 7. The smallest absolute Gasteiger partial charge is 0.410 e. The van der Waals surface area contributed by atoms with Crippen LogP contribution in [0.5, 0.6) is 17.6 Å². The van der Waals surface area contributed by atoms with Crippen LogP contribution in [0.2, 0.25) is 0 Å². The molecule has 3 amide bonds. The minimum Gasteiger partial charge on any atom is -0.472 e. The van der Waals surface area contributed by atoms with Crippen molar-refractivity contribution >= 4 is 94.5 Å². The van der Waals surface area contributed by atoms with Crippen molar-refractivity contribution in [3.05, 3.63) is 123 Å². The van der Waals surface area contributed by atoms with Crippen LogP contribution in [0.25, 0.3) is 64.0 Å². The van der Waals surface area contributed by atoms with Gasteiger partial charge in [0.1, 0.15) is 103 Å². The van der Waals surface area contributed by atoms with Crippen molar-refractivity contribution < 1.29 is 88.5 Å². The van der Waals surface area contributed by atoms with Crippen LogP contribution in [0.1, 0.15) is 76.0 Å². The highest BCUT2D eigenvalue weighted by Crippen LogP contribution is 2.48. The van der Waals surface area contributed by atoms with Gasteiger partial charge in [-0.3, -0.25) is 0 Å². The summed E-state index contributed by atoms with van der Waals surface area (Å²) in [5.74, 6) is -3.47. The maximum Gasteiger partial charge on any atom is 0.410 e. The molecule has 3 saturated carbocycles. The van der Waals surface area contributed by atoms with E-state index in [2.05, 4.69) is 29.9 Å². The predicted molar refractivity (Wildman–Crippen MR) is 382 cm³/mol. The molecular weight excluding hydrogens is 1480 g/mol. The van der Waals surface area contributed by atoms with Crippen molar-refractivity contribution in [1.82, 2.24) is 44.6 Å². The highest BCUT2D eigenvalue weighted by molar-refractivity contribution is 7.18. The third kappa shape index (κ3) is 14.6. The fourth-order valence-corrected chi connectivity index (χ4v) is 17.9. The van der Waals surface area contributed by atoms with Gasteiger partial charge >= 0.3 is 18.3 Å². The number of carbonyl (C=O) groups is 3. The summed E-state index contributed by atoms with van der Waals surface area (Å²) in [5.41, 5.74) is 2.26. The summed E-state index contributed by atoms with van der Waals surface area (Å²) in [6, 6.07) is 7.77. The number of fused-ring (bicyclic) bond motifs is 9. The van der Waals surface area contributed by atoms with Crippen molar-refractivity contribution in [1.29, 1.82) is 0 Å². The van der Waals surface area contributed by atoms with E-state index in [1.165, 1.54) is 90.2 Å². The van der Waals surface area contributed by atoms with E-state index < -0.39 is 41.5 Å². The Bertz CT molecular complexity index is 4690. The number of carbonyl (C=O) groups excluding carboxylic acids is 3. The normalized spacial score (nSPS) is 24.7. The van der Waals surface area contributed by atoms with Crippen LogP contribution in [0.3, 0.4) is 0 Å². The van der Waals surface area contributed by atoms with Gasteiger partial charge in [-0.05, 0) is 103 Å². The van der Waals surface area contributed by atoms with Crippen molar-refractivity contribution in [2.24, 2.45) is 35.5 Å². The molecule has 564 valence electrons. The molecule has 0 spiro atoms. The third-order valence-corrected chi connectivity index (χ3v) is 24.8. The van der Waals surface area contributed by atoms with E-state index in [4.69, 9.17) is 54.2 Å². The number of likely N-dealkylation sites (tertiary alicyclic amines) is 3. The number of hydrogen-bond donors (Lipinski definition) is 1. The lowest BCUT2D eigenvalue weighted by Crippen LogP contribution is -2.59. The first kappa shape index (κ1) is 72.9. The van der Waals surface area contributed by atoms with Crippen LogP contribution >= 0.6 is 45.6 Å². The number of amides is 3. The van der Waals surface area contributed by atoms with Gasteiger partial charge in [-0.25, -0.2) is 70.6 Å². The summed E-state index contributed by atoms with van der Waals surface area (Å²) < 4.78 is 142. The topological polar surface area (TPSA) is 242 Å². The Labute approximate surface area is 626 Å². The maximum atomic E-state index is 15.0. The number of rotatable bonds is 14. The number of aromatic nitrogens is 6. The molecule has 6 saturated heterocycles. The van der Waals surface area contributed by atoms with Gasteiger partial charge in [0.25, 0.3) is 0 Å². The summed E-state index contributed by atoms with van der Waals surface area (Å²) in [5, 5.41) is 14.7. The molecule has 9 fully saturated rings. The fourth-order valence-electron chi connectivity index (χ4n) is 14.8. The second-order valence-electron chi connectivity index (χ2n) is 29.7. The van der Waals surface area contributed by atoms with E-state index in [1.54, 1.807) is 30.8 Å². The number of nitrogens with zero attached hydrogens (tertiary/aromatic N) is 9. The van der Waals surface area contributed by atoms with Gasteiger partial charge in [0.15, 0.2) is 0 Å². The highest BCUT2D eigenvalue weighted by Gasteiger charge is 2.51. The minimum absolute atomic E-state index is 0.0244. The second-order valence-corrected chi connectivity index (χ2v) is 32.6. The first-order chi connectivity index (χ1) is 51.6. The Kier molecular flexibility index (Phi) is 19.9. The summed E-state index contributed by atoms with van der Waals surface area (Å²) in [7, 11) is 0. The number of aliphatic hydroxyl groups excluding tert-OH is 1. The number of alkyl halides is 1. The van der Waals surface area contributed by atoms with Crippen LogP contribution in [0, 0.1) is 77.3 Å². The van der Waals surface area contributed by atoms with Gasteiger partial charge in [0.2, 0.25) is 17.6 Å². The zero-order chi connectivity index (χ0) is 74.4. The lowest BCUT2D eigenvalue weighted by Gasteiger charge is -2.46. The number of hydrogen-bond acceptors (Lipinski definition) is 22. The molecule has 0 radical (unpaired) electrons. The first-order valence-corrected chi connectivity index (χ1v) is 38.6. The SMILES string of the molecule is CC1(OC(=O)N2CC3COCC(C2)C3Oc2ncnc3c(-c4ccc(F)c(CCl)c4F)csc23)CC1.CC1(OC(=O)N2CC3COCC(C2)C3Oc2ncnc3c(-c4ccc(F)c(CO)c4F)csc23)CC1.Cc1c(F)ccc(-c2csc3c(OC4C5COCC4CN(C(=O)OC4(C)CC4)C5)ncnc23)c1F. The standard InChI is InChI=1S/C25H24ClF2N3O4S.C25H25F2N3O5S.C25H25F2N3O4S/c1-25(4-5-25)35-24(32)31-7-13-9-33-10-14(8-31)21(13)34-23-22-20(29-12-30-23)17(11-36-22)15-2-3-18(27)16(6-26)19(15)28;1-25(4-5-25)35-24(32)30-6-13-9-33-10-14(7-30)21(13)34-23-22-20(28-12-29-23)17(11-36-22)15-2-3-18(26)16(8-31)19(15)27;1-13-18(26)4-3-16(19(13)27)17-11-35-22-20(17)28-12-29-23(22)33-21-14-7-30(8-15(21)10-32-9-14)24(31)34-25(2)5-6-25/h2-3,11-14,21H,4-10H2,1H3;2-3,11-14,21,31H,4-10H2,1H3;3-4,11-12,14-15,21H,5-10H2,1-2H3. The molecule has 1 N–H and O–H groups in total. The number of benzene rings is 3. The number of thiophene rings is 3. The van der Waals surface area contributed by atoms with Gasteiger partial charge < -0.3 is 62.4 Å². The van der Waals surface area contributed by atoms with E-state index in [0.29, 0.717) is 149 Å². The molecule has 3 aromatic carbocycles. The summed E-state index contributed by atoms with van der Waals surface area (Å²) in [6.45, 7) is 12.2. The van der Waals surface area contributed by atoms with Gasteiger partial charge in [-0.1, -0.05) is 0 Å². The van der Waals surface area contributed by atoms with Crippen LogP contribution in [0.4, 0.5) is 40.7 Å². The van der Waals surface area contributed by atoms with Gasteiger partial charge in [-0.2, -0.15) is 0 Å². The van der Waals surface area contributed by atoms with E-state index in [9.17, 15) is 41.4 Å². The molecule has 18 rings (SSSR count). The fraction of sp³-hybridized carbons (Fsp3) is 0.480. The quantitative estimate of drug-likeness (QED) is 0.0604. The van der Waals surface area contributed by atoms with Crippen LogP contribution in [-0.4, -0.2) is 182 Å². The van der Waals surface area contributed by atoms with E-state index >= 15 is 4.39 Å². The largest absolute Gasteiger partial charge is 0.472 e. The molecule has 107 heavy (non-hydrogen) atoms. The molecule has 6 atom stereocenters. The number of piperidine rings is 3. The van der Waals surface area contributed by atoms with Gasteiger partial charge in [0.05, 0.1) is 68.7 Å². The number of ether oxygens (including phenoxy) is 9. The zero-order valence-electron chi connectivity index (χ0n) is 58.5. The van der Waals surface area contributed by atoms with Crippen molar-refractivity contribution in [2.75, 3.05) is 78.9 Å². The number of aliphatic hydroxyl groups is 1. The van der Waals surface area contributed by atoms with Crippen molar-refractivity contribution in [2.45, 2.75) is 114 Å². The molecule has 32 heteroatoms. The lowest BCUT2D eigenvalue weighted by molar-refractivity contribution is -0.111. The molecule has 22 nitrogen and oxygen atoms in total. The molecular formula is C75H74ClF6N9O13S3. The summed E-state index contributed by atoms with van der Waals surface area (Å²) >= 11 is 9.78. The van der Waals surface area contributed by atoms with Crippen LogP contribution in [-0.2, 0) is 40.9 Å². The minimum atomic E-state index is -0.815. The Balaban J connectivity index is 0.000000123. The van der Waals surface area contributed by atoms with Crippen LogP contribution in [0.15, 0.2) is 71.5 Å². The lowest BCUT2D eigenvalue weighted by atomic mass is 9.84. The maximum absolute atomic E-state index is 15.0. The van der Waals surface area contributed by atoms with Crippen molar-refractivity contribution in [3.8, 4) is 51.0 Å². The monoisotopic (exact) mass is 1550 g/mol. The third-order valence-electron chi connectivity index (χ3n) is 21.7. The average molecular weight is 1560 g/mol. The van der Waals surface area contributed by atoms with Gasteiger partial charge in [-0.15, -0.1) is 45.6 Å². The molecule has 6 aliphatic heterocycles. The van der Waals surface area contributed by atoms with E-state index in [0.717, 1.165) is 44.6 Å². The Morgan fingerprint density at radius 1 is 0.458 bits per heavy atom. The first-order valence-electron chi connectivity index (χ1n) is 35.5. The zero-order valence-corrected chi connectivity index (χ0v) is 61.7. The molecule has 6 aromatic heterocycles. The van der Waals surface area contributed by atoms with Gasteiger partial charge in [0, 0.05) is 141 Å². The molecule has 3 aliphatic carbocycles. The van der Waals surface area contributed by atoms with E-state index in [-0.39, 0.29) is 123 Å². The Morgan fingerprint density at radius 3 is 1.07 bits per heavy atom. The molecule has 6 bridgehead atoms. The van der Waals surface area contributed by atoms with E-state index in [1.807, 2.05) is 20.8 Å². The summed E-state index contributed by atoms with van der Waals surface area (Å²) in [4.78, 5) is 69.5. The average Bonchev–Trinajstić information content (AvgIpc) is 1.75. The van der Waals surface area contributed by atoms with Crippen molar-refractivity contribution in [3.63, 3.8) is 0 Å². The van der Waals surface area contributed by atoms with Crippen LogP contribution < -0.4 is 14.2 Å². The molecule has 12 heterocycles. The predicted octanol–water partition coefficient (Wildman–Crippen LogP) is 14.5. The molecule has 6 unspecified atom stereocenters. The molecule has 9 aliphatic rings. The second kappa shape index (κ2) is 29.3. The Hall–Kier alpha value is -8.30. The summed E-state index contributed by atoms with van der Waals surface area (Å²) in [6.07, 6.45) is 8.09. The Morgan fingerprint density at radius 2 is 0.757 bits per heavy atom. The molecule has 9 aromatic rings.